The highest BCUT2D eigenvalue weighted by molar-refractivity contribution is 5.23. The van der Waals surface area contributed by atoms with Gasteiger partial charge in [0.1, 0.15) is 0 Å². The van der Waals surface area contributed by atoms with Crippen molar-refractivity contribution in [2.45, 2.75) is 34.6 Å². The molecule has 0 bridgehead atoms. The molecule has 0 aromatic heterocycles. The minimum atomic E-state index is -0.482. The molecule has 0 spiro atoms. The summed E-state index contributed by atoms with van der Waals surface area (Å²) in [5.74, 6) is 0. The molecule has 0 aromatic rings. The second kappa shape index (κ2) is 14.2. The molecular formula is C11H21NO2. The van der Waals surface area contributed by atoms with Crippen molar-refractivity contribution >= 4 is 0 Å². The molecule has 0 aliphatic carbocycles. The van der Waals surface area contributed by atoms with Crippen molar-refractivity contribution in [3.8, 4) is 0 Å². The predicted octanol–water partition coefficient (Wildman–Crippen LogP) is 3.96. The van der Waals surface area contributed by atoms with Gasteiger partial charge in [-0.1, -0.05) is 46.9 Å². The summed E-state index contributed by atoms with van der Waals surface area (Å²) in [7, 11) is 0. The third-order valence-electron chi connectivity index (χ3n) is 1.10. The van der Waals surface area contributed by atoms with Gasteiger partial charge >= 0.3 is 0 Å². The van der Waals surface area contributed by atoms with Gasteiger partial charge in [0.15, 0.2) is 0 Å². The summed E-state index contributed by atoms with van der Waals surface area (Å²) in [6, 6.07) is 0. The van der Waals surface area contributed by atoms with Gasteiger partial charge in [-0.25, -0.2) is 0 Å². The van der Waals surface area contributed by atoms with Gasteiger partial charge < -0.3 is 0 Å². The summed E-state index contributed by atoms with van der Waals surface area (Å²) >= 11 is 0. The summed E-state index contributed by atoms with van der Waals surface area (Å²) in [5.41, 5.74) is 0.537. The molecule has 14 heavy (non-hydrogen) atoms. The Hall–Kier alpha value is -1.38. The van der Waals surface area contributed by atoms with Crippen molar-refractivity contribution in [2.75, 3.05) is 0 Å². The van der Waals surface area contributed by atoms with Crippen molar-refractivity contribution in [3.05, 3.63) is 46.7 Å². The fraction of sp³-hybridized carbons (Fsp3) is 0.455. The predicted molar refractivity (Wildman–Crippen MR) is 62.8 cm³/mol. The van der Waals surface area contributed by atoms with E-state index >= 15 is 0 Å². The van der Waals surface area contributed by atoms with Crippen LogP contribution in [0.4, 0.5) is 0 Å². The number of allylic oxidation sites excluding steroid dienone is 3. The zero-order valence-corrected chi connectivity index (χ0v) is 9.83. The van der Waals surface area contributed by atoms with Crippen molar-refractivity contribution in [3.63, 3.8) is 0 Å². The van der Waals surface area contributed by atoms with E-state index in [4.69, 9.17) is 0 Å². The quantitative estimate of drug-likeness (QED) is 0.392. The zero-order chi connectivity index (χ0) is 12.1. The first kappa shape index (κ1) is 18.4. The number of nitro groups is 1. The number of rotatable bonds is 3. The molecule has 3 nitrogen and oxygen atoms in total. The highest BCUT2D eigenvalue weighted by Gasteiger charge is 2.06. The van der Waals surface area contributed by atoms with Crippen LogP contribution in [0.5, 0.6) is 0 Å². The Morgan fingerprint density at radius 1 is 1.14 bits per heavy atom. The Labute approximate surface area is 87.0 Å². The first-order valence-corrected chi connectivity index (χ1v) is 4.73. The monoisotopic (exact) mass is 199 g/mol. The summed E-state index contributed by atoms with van der Waals surface area (Å²) in [5, 5.41) is 10.2. The molecule has 0 fully saturated rings. The molecule has 82 valence electrons. The first-order chi connectivity index (χ1) is 6.63. The van der Waals surface area contributed by atoms with Gasteiger partial charge in [-0.3, -0.25) is 10.1 Å². The van der Waals surface area contributed by atoms with Crippen LogP contribution in [0.3, 0.4) is 0 Å². The van der Waals surface area contributed by atoms with Crippen LogP contribution in [0.1, 0.15) is 34.6 Å². The lowest BCUT2D eigenvalue weighted by atomic mass is 10.2. The molecule has 0 amide bonds. The standard InChI is InChI=1S/C7H9NO2.2C2H6/c1-4-6(3)7(5-2)8(9)10;2*1-2/h4-5H,1-2H2,3H3;2*1-2H3/b7-6+;;. The van der Waals surface area contributed by atoms with Gasteiger partial charge in [-0.2, -0.15) is 0 Å². The summed E-state index contributed by atoms with van der Waals surface area (Å²) < 4.78 is 0. The second-order valence-electron chi connectivity index (χ2n) is 1.73. The lowest BCUT2D eigenvalue weighted by molar-refractivity contribution is -0.419. The van der Waals surface area contributed by atoms with Crippen molar-refractivity contribution < 1.29 is 4.92 Å². The summed E-state index contributed by atoms with van der Waals surface area (Å²) in [6.07, 6.45) is 2.64. The molecule has 3 heteroatoms. The smallest absolute Gasteiger partial charge is 0.258 e. The highest BCUT2D eigenvalue weighted by atomic mass is 16.6. The minimum Gasteiger partial charge on any atom is -0.258 e. The first-order valence-electron chi connectivity index (χ1n) is 4.73. The molecule has 0 heterocycles. The highest BCUT2D eigenvalue weighted by Crippen LogP contribution is 2.05. The lowest BCUT2D eigenvalue weighted by Crippen LogP contribution is -1.96. The van der Waals surface area contributed by atoms with Crippen molar-refractivity contribution in [1.29, 1.82) is 0 Å². The van der Waals surface area contributed by atoms with Crippen molar-refractivity contribution in [2.24, 2.45) is 0 Å². The van der Waals surface area contributed by atoms with E-state index in [9.17, 15) is 10.1 Å². The van der Waals surface area contributed by atoms with Crippen LogP contribution in [-0.2, 0) is 0 Å². The largest absolute Gasteiger partial charge is 0.271 e. The van der Waals surface area contributed by atoms with Crippen LogP contribution >= 0.6 is 0 Å². The van der Waals surface area contributed by atoms with Gasteiger partial charge in [-0.15, -0.1) is 0 Å². The number of hydrogen-bond acceptors (Lipinski definition) is 2. The van der Waals surface area contributed by atoms with E-state index in [1.54, 1.807) is 6.92 Å². The fourth-order valence-electron chi connectivity index (χ4n) is 0.484. The van der Waals surface area contributed by atoms with E-state index in [1.165, 1.54) is 12.2 Å². The van der Waals surface area contributed by atoms with Gasteiger partial charge in [0.05, 0.1) is 4.92 Å². The molecular weight excluding hydrogens is 178 g/mol. The number of nitrogens with zero attached hydrogens (tertiary/aromatic N) is 1. The maximum Gasteiger partial charge on any atom is 0.271 e. The van der Waals surface area contributed by atoms with E-state index in [-0.39, 0.29) is 5.70 Å². The average molecular weight is 199 g/mol. The van der Waals surface area contributed by atoms with Gasteiger partial charge in [-0.05, 0) is 6.92 Å². The molecule has 0 aliphatic heterocycles. The topological polar surface area (TPSA) is 43.1 Å². The minimum absolute atomic E-state index is 0.00926. The zero-order valence-electron chi connectivity index (χ0n) is 9.83. The lowest BCUT2D eigenvalue weighted by Gasteiger charge is -1.91. The van der Waals surface area contributed by atoms with Crippen LogP contribution in [0.2, 0.25) is 0 Å². The van der Waals surface area contributed by atoms with Crippen LogP contribution < -0.4 is 0 Å². The van der Waals surface area contributed by atoms with Gasteiger partial charge in [0.2, 0.25) is 0 Å². The van der Waals surface area contributed by atoms with Crippen molar-refractivity contribution in [1.82, 2.24) is 0 Å². The van der Waals surface area contributed by atoms with Crippen LogP contribution in [0.15, 0.2) is 36.6 Å². The third kappa shape index (κ3) is 8.71. The van der Waals surface area contributed by atoms with E-state index in [2.05, 4.69) is 13.2 Å². The van der Waals surface area contributed by atoms with Crippen LogP contribution in [0.25, 0.3) is 0 Å². The molecule has 0 saturated heterocycles. The van der Waals surface area contributed by atoms with Crippen LogP contribution in [-0.4, -0.2) is 4.92 Å². The summed E-state index contributed by atoms with van der Waals surface area (Å²) in [6.45, 7) is 16.3. The van der Waals surface area contributed by atoms with E-state index in [0.29, 0.717) is 5.57 Å². The molecule has 0 rings (SSSR count). The van der Waals surface area contributed by atoms with E-state index < -0.39 is 4.92 Å². The molecule has 0 radical (unpaired) electrons. The molecule has 0 atom stereocenters. The second-order valence-corrected chi connectivity index (χ2v) is 1.73. The van der Waals surface area contributed by atoms with E-state index in [1.807, 2.05) is 27.7 Å². The maximum atomic E-state index is 10.2. The van der Waals surface area contributed by atoms with Crippen LogP contribution in [0, 0.1) is 10.1 Å². The normalized spacial score (nSPS) is 9.21. The Balaban J connectivity index is -0.000000266. The Morgan fingerprint density at radius 2 is 1.50 bits per heavy atom. The maximum absolute atomic E-state index is 10.2. The fourth-order valence-corrected chi connectivity index (χ4v) is 0.484. The molecule has 0 aromatic carbocycles. The van der Waals surface area contributed by atoms with Gasteiger partial charge in [0, 0.05) is 11.6 Å². The molecule has 0 unspecified atom stereocenters. The molecule has 0 aliphatic rings. The third-order valence-corrected chi connectivity index (χ3v) is 1.10. The Kier molecular flexibility index (Phi) is 18.6. The van der Waals surface area contributed by atoms with Gasteiger partial charge in [0.25, 0.3) is 5.70 Å². The Morgan fingerprint density at radius 3 is 1.57 bits per heavy atom. The van der Waals surface area contributed by atoms with E-state index in [0.717, 1.165) is 0 Å². The summed E-state index contributed by atoms with van der Waals surface area (Å²) in [4.78, 5) is 9.68. The number of hydrogen-bond donors (Lipinski definition) is 0. The Bertz CT molecular complexity index is 205. The average Bonchev–Trinajstić information content (AvgIpc) is 2.24. The molecule has 0 saturated carbocycles. The SMILES string of the molecule is C=C/C(C)=C(\C=C)[N+](=O)[O-].CC.CC. The molecule has 0 N–H and O–H groups in total.